The van der Waals surface area contributed by atoms with Crippen molar-refractivity contribution in [1.82, 2.24) is 0 Å². The molecule has 0 spiro atoms. The third kappa shape index (κ3) is 6.36. The minimum atomic E-state index is -0.672. The van der Waals surface area contributed by atoms with E-state index in [4.69, 9.17) is 14.2 Å². The van der Waals surface area contributed by atoms with Gasteiger partial charge in [-0.2, -0.15) is 5.26 Å². The summed E-state index contributed by atoms with van der Waals surface area (Å²) in [6.07, 6.45) is 1.51. The summed E-state index contributed by atoms with van der Waals surface area (Å²) in [6.45, 7) is 2.76. The van der Waals surface area contributed by atoms with Crippen molar-refractivity contribution in [2.45, 2.75) is 6.92 Å². The summed E-state index contributed by atoms with van der Waals surface area (Å²) in [4.78, 5) is 14.1. The van der Waals surface area contributed by atoms with Crippen LogP contribution in [-0.2, 0) is 9.53 Å². The Balaban J connectivity index is 1.84. The second-order valence-corrected chi connectivity index (χ2v) is 6.04. The Morgan fingerprint density at radius 3 is 2.14 bits per heavy atom. The number of esters is 1. The number of anilines is 1. The molecule has 0 unspecified atom stereocenters. The molecule has 6 heteroatoms. The molecule has 0 saturated heterocycles. The van der Waals surface area contributed by atoms with Crippen LogP contribution in [0.2, 0.25) is 0 Å². The van der Waals surface area contributed by atoms with Gasteiger partial charge >= 0.3 is 5.97 Å². The van der Waals surface area contributed by atoms with Gasteiger partial charge in [-0.15, -0.1) is 0 Å². The van der Waals surface area contributed by atoms with Crippen molar-refractivity contribution in [3.8, 4) is 17.6 Å². The van der Waals surface area contributed by atoms with Crippen LogP contribution in [0.1, 0.15) is 12.5 Å². The summed E-state index contributed by atoms with van der Waals surface area (Å²) >= 11 is 0. The molecule has 2 rings (SSSR count). The van der Waals surface area contributed by atoms with Crippen LogP contribution in [0, 0.1) is 11.3 Å². The standard InChI is InChI=1S/C22H24N2O4/c1-4-26-20-9-11-21(12-10-20)27-13-14-28-22(25)18(16-23)15-17-5-7-19(8-6-17)24(2)3/h5-12,15H,4,13-14H2,1-3H3/b18-15+. The SMILES string of the molecule is CCOc1ccc(OCCOC(=O)/C(C#N)=C/c2ccc(N(C)C)cc2)cc1. The van der Waals surface area contributed by atoms with E-state index in [9.17, 15) is 10.1 Å². The van der Waals surface area contributed by atoms with E-state index in [1.807, 2.05) is 68.4 Å². The normalized spacial score (nSPS) is 10.7. The Hall–Kier alpha value is -3.46. The number of ether oxygens (including phenoxy) is 3. The summed E-state index contributed by atoms with van der Waals surface area (Å²) in [7, 11) is 3.89. The van der Waals surface area contributed by atoms with E-state index in [1.54, 1.807) is 12.1 Å². The molecule has 0 atom stereocenters. The molecule has 2 aromatic rings. The lowest BCUT2D eigenvalue weighted by molar-refractivity contribution is -0.139. The number of carbonyl (C=O) groups excluding carboxylic acids is 1. The van der Waals surface area contributed by atoms with Crippen LogP contribution < -0.4 is 14.4 Å². The van der Waals surface area contributed by atoms with Gasteiger partial charge in [-0.1, -0.05) is 12.1 Å². The number of carbonyl (C=O) groups is 1. The Labute approximate surface area is 165 Å². The number of benzene rings is 2. The van der Waals surface area contributed by atoms with Crippen LogP contribution in [0.3, 0.4) is 0 Å². The molecule has 0 fully saturated rings. The first-order chi connectivity index (χ1) is 13.5. The van der Waals surface area contributed by atoms with Gasteiger partial charge in [0, 0.05) is 19.8 Å². The lowest BCUT2D eigenvalue weighted by Crippen LogP contribution is -2.13. The molecule has 146 valence electrons. The highest BCUT2D eigenvalue weighted by Gasteiger charge is 2.11. The quantitative estimate of drug-likeness (QED) is 0.286. The molecule has 0 aromatic heterocycles. The molecular weight excluding hydrogens is 356 g/mol. The number of hydrogen-bond acceptors (Lipinski definition) is 6. The molecule has 2 aromatic carbocycles. The van der Waals surface area contributed by atoms with Crippen LogP contribution in [0.15, 0.2) is 54.1 Å². The summed E-state index contributed by atoms with van der Waals surface area (Å²) in [6, 6.07) is 16.6. The van der Waals surface area contributed by atoms with Crippen molar-refractivity contribution in [3.05, 3.63) is 59.7 Å². The average molecular weight is 380 g/mol. The highest BCUT2D eigenvalue weighted by molar-refractivity contribution is 5.97. The van der Waals surface area contributed by atoms with Crippen LogP contribution in [0.4, 0.5) is 5.69 Å². The van der Waals surface area contributed by atoms with Gasteiger partial charge in [0.1, 0.15) is 36.4 Å². The summed E-state index contributed by atoms with van der Waals surface area (Å²) in [5.41, 5.74) is 1.73. The molecule has 0 saturated carbocycles. The highest BCUT2D eigenvalue weighted by atomic mass is 16.6. The molecule has 0 aliphatic heterocycles. The maximum Gasteiger partial charge on any atom is 0.349 e. The highest BCUT2D eigenvalue weighted by Crippen LogP contribution is 2.18. The number of nitrogens with zero attached hydrogens (tertiary/aromatic N) is 2. The van der Waals surface area contributed by atoms with Gasteiger partial charge in [-0.05, 0) is 55.0 Å². The molecule has 0 aliphatic carbocycles. The van der Waals surface area contributed by atoms with Gasteiger partial charge in [-0.25, -0.2) is 4.79 Å². The average Bonchev–Trinajstić information content (AvgIpc) is 2.71. The van der Waals surface area contributed by atoms with Gasteiger partial charge in [0.2, 0.25) is 0 Å². The summed E-state index contributed by atoms with van der Waals surface area (Å²) in [5.74, 6) is 0.745. The Morgan fingerprint density at radius 1 is 1.00 bits per heavy atom. The van der Waals surface area contributed by atoms with Gasteiger partial charge in [0.05, 0.1) is 6.61 Å². The van der Waals surface area contributed by atoms with E-state index in [2.05, 4.69) is 0 Å². The Kier molecular flexibility index (Phi) is 7.92. The number of nitriles is 1. The number of rotatable bonds is 9. The predicted molar refractivity (Wildman–Crippen MR) is 108 cm³/mol. The van der Waals surface area contributed by atoms with Crippen molar-refractivity contribution >= 4 is 17.7 Å². The third-order valence-electron chi connectivity index (χ3n) is 3.78. The first kappa shape index (κ1) is 20.8. The molecule has 0 bridgehead atoms. The molecule has 28 heavy (non-hydrogen) atoms. The fourth-order valence-electron chi connectivity index (χ4n) is 2.34. The fraction of sp³-hybridized carbons (Fsp3) is 0.273. The van der Waals surface area contributed by atoms with E-state index in [0.717, 1.165) is 17.0 Å². The van der Waals surface area contributed by atoms with E-state index in [-0.39, 0.29) is 18.8 Å². The lowest BCUT2D eigenvalue weighted by Gasteiger charge is -2.12. The van der Waals surface area contributed by atoms with Crippen LogP contribution in [0.25, 0.3) is 6.08 Å². The smallest absolute Gasteiger partial charge is 0.349 e. The third-order valence-corrected chi connectivity index (χ3v) is 3.78. The van der Waals surface area contributed by atoms with Crippen LogP contribution in [-0.4, -0.2) is 39.9 Å². The maximum absolute atomic E-state index is 12.1. The second-order valence-electron chi connectivity index (χ2n) is 6.04. The fourth-order valence-corrected chi connectivity index (χ4v) is 2.34. The van der Waals surface area contributed by atoms with E-state index in [0.29, 0.717) is 12.4 Å². The largest absolute Gasteiger partial charge is 0.494 e. The Bertz CT molecular complexity index is 834. The molecule has 0 heterocycles. The first-order valence-electron chi connectivity index (χ1n) is 8.95. The van der Waals surface area contributed by atoms with E-state index in [1.165, 1.54) is 6.08 Å². The maximum atomic E-state index is 12.1. The zero-order valence-corrected chi connectivity index (χ0v) is 16.3. The molecule has 6 nitrogen and oxygen atoms in total. The van der Waals surface area contributed by atoms with Gasteiger partial charge in [0.15, 0.2) is 0 Å². The lowest BCUT2D eigenvalue weighted by atomic mass is 10.1. The first-order valence-corrected chi connectivity index (χ1v) is 8.95. The topological polar surface area (TPSA) is 71.8 Å². The summed E-state index contributed by atoms with van der Waals surface area (Å²) < 4.78 is 16.0. The zero-order chi connectivity index (χ0) is 20.4. The predicted octanol–water partition coefficient (Wildman–Crippen LogP) is 3.68. The zero-order valence-electron chi connectivity index (χ0n) is 16.3. The molecule has 0 amide bonds. The van der Waals surface area contributed by atoms with Crippen molar-refractivity contribution in [1.29, 1.82) is 5.26 Å². The van der Waals surface area contributed by atoms with Crippen molar-refractivity contribution in [3.63, 3.8) is 0 Å². The molecule has 0 aliphatic rings. The minimum absolute atomic E-state index is 0.0463. The van der Waals surface area contributed by atoms with Crippen molar-refractivity contribution < 1.29 is 19.0 Å². The van der Waals surface area contributed by atoms with Crippen molar-refractivity contribution in [2.24, 2.45) is 0 Å². The Morgan fingerprint density at radius 2 is 1.61 bits per heavy atom. The molecule has 0 N–H and O–H groups in total. The van der Waals surface area contributed by atoms with Gasteiger partial charge < -0.3 is 19.1 Å². The number of hydrogen-bond donors (Lipinski definition) is 0. The summed E-state index contributed by atoms with van der Waals surface area (Å²) in [5, 5.41) is 9.23. The molecular formula is C22H24N2O4. The van der Waals surface area contributed by atoms with Crippen molar-refractivity contribution in [2.75, 3.05) is 38.8 Å². The van der Waals surface area contributed by atoms with Gasteiger partial charge in [-0.3, -0.25) is 0 Å². The minimum Gasteiger partial charge on any atom is -0.494 e. The van der Waals surface area contributed by atoms with Crippen LogP contribution >= 0.6 is 0 Å². The monoisotopic (exact) mass is 380 g/mol. The van der Waals surface area contributed by atoms with E-state index < -0.39 is 5.97 Å². The van der Waals surface area contributed by atoms with Gasteiger partial charge in [0.25, 0.3) is 0 Å². The second kappa shape index (κ2) is 10.6. The van der Waals surface area contributed by atoms with Crippen LogP contribution in [0.5, 0.6) is 11.5 Å². The van der Waals surface area contributed by atoms with E-state index >= 15 is 0 Å². The molecule has 0 radical (unpaired) electrons.